The Morgan fingerprint density at radius 3 is 2.61 bits per heavy atom. The minimum Gasteiger partial charge on any atom is -0.493 e. The molecular weight excluding hydrogens is 675 g/mol. The van der Waals surface area contributed by atoms with Gasteiger partial charge in [0, 0.05) is 21.8 Å². The van der Waals surface area contributed by atoms with Crippen molar-refractivity contribution in [2.75, 3.05) is 25.6 Å². The number of nitrogens with zero attached hydrogens (tertiary/aromatic N) is 1. The van der Waals surface area contributed by atoms with Crippen molar-refractivity contribution < 1.29 is 23.8 Å². The number of aliphatic imine (C=N–C) groups is 1. The molecule has 218 valence electrons. The first-order valence-corrected chi connectivity index (χ1v) is 15.7. The summed E-state index contributed by atoms with van der Waals surface area (Å²) in [6.07, 6.45) is 4.53. The molecular formula is C31H34ClIN2O5S. The fraction of sp³-hybridized carbons (Fsp3) is 0.387. The van der Waals surface area contributed by atoms with Gasteiger partial charge in [-0.05, 0) is 108 Å². The maximum Gasteiger partial charge on any atom is 0.344 e. The second-order valence-electron chi connectivity index (χ2n) is 10.8. The SMILES string of the molecule is CCOC(=O)COc1c(I)cc(C=Nc2sc3c(c2C(=O)Nc2ccc(Cl)cc2)CC[C@H](C(C)(C)C)C3)cc1OC. The minimum atomic E-state index is -0.448. The number of ether oxygens (including phenoxy) is 3. The van der Waals surface area contributed by atoms with Gasteiger partial charge in [0.1, 0.15) is 5.00 Å². The molecule has 1 aromatic heterocycles. The van der Waals surface area contributed by atoms with Crippen LogP contribution in [0.4, 0.5) is 10.7 Å². The summed E-state index contributed by atoms with van der Waals surface area (Å²) in [5.41, 5.74) is 3.35. The van der Waals surface area contributed by atoms with E-state index in [1.807, 2.05) is 6.07 Å². The third kappa shape index (κ3) is 7.81. The largest absolute Gasteiger partial charge is 0.493 e. The summed E-state index contributed by atoms with van der Waals surface area (Å²) in [4.78, 5) is 31.5. The maximum atomic E-state index is 13.6. The first kappa shape index (κ1) is 31.3. The molecule has 1 amide bonds. The van der Waals surface area contributed by atoms with E-state index in [0.29, 0.717) is 38.7 Å². The number of anilines is 1. The van der Waals surface area contributed by atoms with Gasteiger partial charge in [0.25, 0.3) is 5.91 Å². The Bertz CT molecular complexity index is 1450. The van der Waals surface area contributed by atoms with E-state index >= 15 is 0 Å². The molecule has 0 radical (unpaired) electrons. The summed E-state index contributed by atoms with van der Waals surface area (Å²) in [6.45, 7) is 8.65. The number of nitrogens with one attached hydrogen (secondary N) is 1. The van der Waals surface area contributed by atoms with Crippen molar-refractivity contribution in [1.82, 2.24) is 0 Å². The van der Waals surface area contributed by atoms with E-state index in [1.54, 1.807) is 61.9 Å². The second kappa shape index (κ2) is 13.6. The zero-order valence-corrected chi connectivity index (χ0v) is 27.5. The van der Waals surface area contributed by atoms with E-state index in [4.69, 9.17) is 30.8 Å². The summed E-state index contributed by atoms with van der Waals surface area (Å²) in [5, 5.41) is 4.31. The van der Waals surface area contributed by atoms with Crippen molar-refractivity contribution in [2.45, 2.75) is 47.0 Å². The van der Waals surface area contributed by atoms with E-state index in [2.05, 4.69) is 48.7 Å². The first-order chi connectivity index (χ1) is 19.5. The van der Waals surface area contributed by atoms with Gasteiger partial charge >= 0.3 is 5.97 Å². The number of methoxy groups -OCH3 is 1. The number of hydrogen-bond acceptors (Lipinski definition) is 7. The lowest BCUT2D eigenvalue weighted by Gasteiger charge is -2.33. The van der Waals surface area contributed by atoms with Crippen LogP contribution in [-0.2, 0) is 22.4 Å². The zero-order valence-electron chi connectivity index (χ0n) is 23.8. The van der Waals surface area contributed by atoms with Gasteiger partial charge in [0.15, 0.2) is 18.1 Å². The number of esters is 1. The molecule has 10 heteroatoms. The highest BCUT2D eigenvalue weighted by Gasteiger charge is 2.33. The van der Waals surface area contributed by atoms with Crippen LogP contribution in [0.15, 0.2) is 41.4 Å². The van der Waals surface area contributed by atoms with Crippen molar-refractivity contribution in [3.63, 3.8) is 0 Å². The van der Waals surface area contributed by atoms with Crippen LogP contribution in [0, 0.1) is 14.9 Å². The van der Waals surface area contributed by atoms with Crippen LogP contribution in [0.1, 0.15) is 60.5 Å². The van der Waals surface area contributed by atoms with Crippen molar-refractivity contribution >= 4 is 74.3 Å². The Morgan fingerprint density at radius 1 is 1.22 bits per heavy atom. The standard InChI is InChI=1S/C31H34ClIN2O5S/c1-6-39-26(36)17-40-28-23(33)13-18(14-24(28)38-5)16-34-30-27(29(37)35-21-10-8-20(32)9-11-21)22-12-7-19(31(2,3)4)15-25(22)41-30/h8-11,13-14,16,19H,6-7,12,15,17H2,1-5H3,(H,35,37)/t19-/m0/s1. The lowest BCUT2D eigenvalue weighted by molar-refractivity contribution is -0.145. The molecule has 0 unspecified atom stereocenters. The molecule has 7 nitrogen and oxygen atoms in total. The first-order valence-electron chi connectivity index (χ1n) is 13.4. The normalized spacial score (nSPS) is 15.0. The third-order valence-corrected chi connectivity index (χ3v) is 9.24. The monoisotopic (exact) mass is 708 g/mol. The van der Waals surface area contributed by atoms with E-state index in [9.17, 15) is 9.59 Å². The lowest BCUT2D eigenvalue weighted by atomic mass is 9.72. The topological polar surface area (TPSA) is 86.2 Å². The number of rotatable bonds is 9. The molecule has 1 aliphatic rings. The summed E-state index contributed by atoms with van der Waals surface area (Å²) >= 11 is 9.76. The van der Waals surface area contributed by atoms with Gasteiger partial charge in [0.05, 0.1) is 22.9 Å². The third-order valence-electron chi connectivity index (χ3n) is 7.02. The fourth-order valence-corrected chi connectivity index (χ4v) is 6.96. The van der Waals surface area contributed by atoms with E-state index in [0.717, 1.165) is 34.0 Å². The maximum absolute atomic E-state index is 13.6. The lowest BCUT2D eigenvalue weighted by Crippen LogP contribution is -2.27. The number of hydrogen-bond donors (Lipinski definition) is 1. The molecule has 1 aliphatic carbocycles. The Morgan fingerprint density at radius 2 is 1.95 bits per heavy atom. The van der Waals surface area contributed by atoms with Crippen LogP contribution in [0.2, 0.25) is 5.02 Å². The molecule has 41 heavy (non-hydrogen) atoms. The van der Waals surface area contributed by atoms with Crippen molar-refractivity contribution in [2.24, 2.45) is 16.3 Å². The van der Waals surface area contributed by atoms with Crippen molar-refractivity contribution in [3.8, 4) is 11.5 Å². The molecule has 0 saturated carbocycles. The smallest absolute Gasteiger partial charge is 0.344 e. The quantitative estimate of drug-likeness (QED) is 0.138. The molecule has 0 saturated heterocycles. The van der Waals surface area contributed by atoms with Gasteiger partial charge in [-0.15, -0.1) is 11.3 Å². The number of fused-ring (bicyclic) bond motifs is 1. The molecule has 2 aromatic carbocycles. The highest BCUT2D eigenvalue weighted by atomic mass is 127. The van der Waals surface area contributed by atoms with Gasteiger partial charge in [0.2, 0.25) is 0 Å². The average molecular weight is 709 g/mol. The average Bonchev–Trinajstić information content (AvgIpc) is 3.29. The van der Waals surface area contributed by atoms with Crippen LogP contribution in [-0.4, -0.2) is 38.4 Å². The predicted molar refractivity (Wildman–Crippen MR) is 174 cm³/mol. The van der Waals surface area contributed by atoms with Gasteiger partial charge in [-0.25, -0.2) is 9.79 Å². The molecule has 0 aliphatic heterocycles. The Kier molecular flexibility index (Phi) is 10.4. The number of halogens is 2. The number of benzene rings is 2. The zero-order chi connectivity index (χ0) is 29.7. The number of thiophene rings is 1. The van der Waals surface area contributed by atoms with Gasteiger partial charge in [-0.2, -0.15) is 0 Å². The number of carbonyl (C=O) groups is 2. The summed E-state index contributed by atoms with van der Waals surface area (Å²) in [7, 11) is 1.54. The Labute approximate surface area is 263 Å². The summed E-state index contributed by atoms with van der Waals surface area (Å²) in [6, 6.07) is 10.8. The Hall–Kier alpha value is -2.63. The molecule has 0 spiro atoms. The number of amides is 1. The van der Waals surface area contributed by atoms with Crippen molar-refractivity contribution in [1.29, 1.82) is 0 Å². The predicted octanol–water partition coefficient (Wildman–Crippen LogP) is 8.11. The van der Waals surface area contributed by atoms with E-state index in [-0.39, 0.29) is 24.5 Å². The minimum absolute atomic E-state index is 0.180. The molecule has 1 atom stereocenters. The molecule has 4 rings (SSSR count). The molecule has 3 aromatic rings. The van der Waals surface area contributed by atoms with Crippen LogP contribution >= 0.6 is 45.5 Å². The van der Waals surface area contributed by atoms with Crippen LogP contribution < -0.4 is 14.8 Å². The van der Waals surface area contributed by atoms with Gasteiger partial charge in [-0.1, -0.05) is 32.4 Å². The highest BCUT2D eigenvalue weighted by molar-refractivity contribution is 14.1. The molecule has 1 heterocycles. The summed E-state index contributed by atoms with van der Waals surface area (Å²) in [5.74, 6) is 0.838. The van der Waals surface area contributed by atoms with Gasteiger partial charge < -0.3 is 19.5 Å². The molecule has 1 N–H and O–H groups in total. The van der Waals surface area contributed by atoms with Gasteiger partial charge in [-0.3, -0.25) is 4.79 Å². The Balaban J connectivity index is 1.66. The second-order valence-corrected chi connectivity index (χ2v) is 13.5. The molecule has 0 bridgehead atoms. The highest BCUT2D eigenvalue weighted by Crippen LogP contribution is 2.45. The van der Waals surface area contributed by atoms with Crippen LogP contribution in [0.25, 0.3) is 0 Å². The van der Waals surface area contributed by atoms with Crippen molar-refractivity contribution in [3.05, 3.63) is 66.6 Å². The van der Waals surface area contributed by atoms with Crippen LogP contribution in [0.3, 0.4) is 0 Å². The molecule has 0 fully saturated rings. The van der Waals surface area contributed by atoms with Crippen LogP contribution in [0.5, 0.6) is 11.5 Å². The van der Waals surface area contributed by atoms with E-state index < -0.39 is 5.97 Å². The van der Waals surface area contributed by atoms with E-state index in [1.165, 1.54) is 4.88 Å². The number of carbonyl (C=O) groups excluding carboxylic acids is 2. The summed E-state index contributed by atoms with van der Waals surface area (Å²) < 4.78 is 16.9. The fourth-order valence-electron chi connectivity index (χ4n) is 4.78.